The number of amides is 2. The van der Waals surface area contributed by atoms with Crippen molar-refractivity contribution in [1.29, 1.82) is 0 Å². The molecule has 0 bridgehead atoms. The second kappa shape index (κ2) is 8.34. The van der Waals surface area contributed by atoms with Crippen molar-refractivity contribution in [2.75, 3.05) is 25.1 Å². The van der Waals surface area contributed by atoms with Gasteiger partial charge in [-0.25, -0.2) is 9.48 Å². The molecule has 0 aromatic carbocycles. The van der Waals surface area contributed by atoms with E-state index in [1.54, 1.807) is 6.20 Å². The van der Waals surface area contributed by atoms with Crippen LogP contribution in [0.5, 0.6) is 0 Å². The van der Waals surface area contributed by atoms with Gasteiger partial charge >= 0.3 is 6.03 Å². The lowest BCUT2D eigenvalue weighted by Crippen LogP contribution is -2.37. The molecule has 0 aliphatic carbocycles. The van der Waals surface area contributed by atoms with Gasteiger partial charge in [0.25, 0.3) is 0 Å². The molecule has 0 unspecified atom stereocenters. The highest BCUT2D eigenvalue weighted by Gasteiger charge is 2.20. The van der Waals surface area contributed by atoms with E-state index in [0.717, 1.165) is 32.0 Å². The molecular formula is C17H30N4O2. The summed E-state index contributed by atoms with van der Waals surface area (Å²) in [5.74, 6) is 2.78. The highest BCUT2D eigenvalue weighted by molar-refractivity contribution is 5.88. The summed E-state index contributed by atoms with van der Waals surface area (Å²) in [6.45, 7) is 11.9. The van der Waals surface area contributed by atoms with Gasteiger partial charge < -0.3 is 10.1 Å². The lowest BCUT2D eigenvalue weighted by molar-refractivity contribution is 0.181. The molecule has 1 atom stereocenters. The predicted octanol–water partition coefficient (Wildman–Crippen LogP) is 2.97. The van der Waals surface area contributed by atoms with Crippen molar-refractivity contribution in [3.05, 3.63) is 12.3 Å². The van der Waals surface area contributed by atoms with Crippen molar-refractivity contribution in [2.45, 2.75) is 40.7 Å². The highest BCUT2D eigenvalue weighted by atomic mass is 16.5. The van der Waals surface area contributed by atoms with Crippen LogP contribution in [0.25, 0.3) is 0 Å². The van der Waals surface area contributed by atoms with Crippen molar-refractivity contribution in [1.82, 2.24) is 15.1 Å². The van der Waals surface area contributed by atoms with Crippen molar-refractivity contribution in [3.63, 3.8) is 0 Å². The number of nitrogens with one attached hydrogen (secondary N) is 2. The molecule has 1 aromatic rings. The Kier molecular flexibility index (Phi) is 6.45. The second-order valence-corrected chi connectivity index (χ2v) is 7.12. The average Bonchev–Trinajstić information content (AvgIpc) is 3.11. The molecule has 0 spiro atoms. The Bertz CT molecular complexity index is 485. The lowest BCUT2D eigenvalue weighted by Gasteiger charge is -2.25. The molecule has 2 amide bonds. The Morgan fingerprint density at radius 1 is 1.39 bits per heavy atom. The maximum absolute atomic E-state index is 12.2. The van der Waals surface area contributed by atoms with Crippen LogP contribution in [0, 0.1) is 23.7 Å². The number of urea groups is 1. The van der Waals surface area contributed by atoms with Crippen LogP contribution in [0.4, 0.5) is 10.6 Å². The molecule has 6 heteroatoms. The third-order valence-electron chi connectivity index (χ3n) is 4.62. The van der Waals surface area contributed by atoms with Gasteiger partial charge in [-0.3, -0.25) is 5.32 Å². The molecule has 1 aliphatic heterocycles. The molecule has 23 heavy (non-hydrogen) atoms. The fraction of sp³-hybridized carbons (Fsp3) is 0.765. The van der Waals surface area contributed by atoms with Gasteiger partial charge in [-0.15, -0.1) is 0 Å². The molecule has 1 aromatic heterocycles. The number of nitrogens with zero attached hydrogens (tertiary/aromatic N) is 2. The summed E-state index contributed by atoms with van der Waals surface area (Å²) in [6.07, 6.45) is 2.77. The zero-order valence-corrected chi connectivity index (χ0v) is 14.7. The van der Waals surface area contributed by atoms with E-state index in [2.05, 4.69) is 43.4 Å². The van der Waals surface area contributed by atoms with E-state index in [0.29, 0.717) is 30.2 Å². The maximum Gasteiger partial charge on any atom is 0.320 e. The molecule has 2 N–H and O–H groups in total. The van der Waals surface area contributed by atoms with E-state index in [-0.39, 0.29) is 6.03 Å². The SMILES string of the molecule is CC(C)C(CNC(=O)Nc1ccnn1C[C@H]1CCOC1)C(C)C. The number of ether oxygens (including phenoxy) is 1. The minimum absolute atomic E-state index is 0.166. The minimum atomic E-state index is -0.166. The van der Waals surface area contributed by atoms with Gasteiger partial charge in [0.15, 0.2) is 0 Å². The average molecular weight is 322 g/mol. The normalized spacial score (nSPS) is 18.1. The van der Waals surface area contributed by atoms with E-state index in [4.69, 9.17) is 4.74 Å². The Labute approximate surface area is 139 Å². The van der Waals surface area contributed by atoms with Gasteiger partial charge in [0.1, 0.15) is 5.82 Å². The summed E-state index contributed by atoms with van der Waals surface area (Å²) < 4.78 is 7.24. The van der Waals surface area contributed by atoms with Gasteiger partial charge in [-0.1, -0.05) is 27.7 Å². The zero-order chi connectivity index (χ0) is 16.8. The van der Waals surface area contributed by atoms with Crippen molar-refractivity contribution < 1.29 is 9.53 Å². The van der Waals surface area contributed by atoms with Crippen LogP contribution in [-0.4, -0.2) is 35.6 Å². The summed E-state index contributed by atoms with van der Waals surface area (Å²) in [5, 5.41) is 10.2. The quantitative estimate of drug-likeness (QED) is 0.811. The molecule has 1 aliphatic rings. The van der Waals surface area contributed by atoms with Gasteiger partial charge in [-0.05, 0) is 24.2 Å². The molecule has 6 nitrogen and oxygen atoms in total. The maximum atomic E-state index is 12.2. The van der Waals surface area contributed by atoms with E-state index >= 15 is 0 Å². The van der Waals surface area contributed by atoms with Crippen LogP contribution in [0.2, 0.25) is 0 Å². The van der Waals surface area contributed by atoms with E-state index in [1.165, 1.54) is 0 Å². The molecule has 1 saturated heterocycles. The smallest absolute Gasteiger partial charge is 0.320 e. The largest absolute Gasteiger partial charge is 0.381 e. The Morgan fingerprint density at radius 2 is 2.13 bits per heavy atom. The fourth-order valence-corrected chi connectivity index (χ4v) is 3.17. The Hall–Kier alpha value is -1.56. The van der Waals surface area contributed by atoms with Crippen LogP contribution in [0.15, 0.2) is 12.3 Å². The second-order valence-electron chi connectivity index (χ2n) is 7.12. The molecule has 2 rings (SSSR count). The van der Waals surface area contributed by atoms with Gasteiger partial charge in [0, 0.05) is 31.7 Å². The summed E-state index contributed by atoms with van der Waals surface area (Å²) in [7, 11) is 0. The first-order valence-corrected chi connectivity index (χ1v) is 8.61. The Morgan fingerprint density at radius 3 is 2.74 bits per heavy atom. The van der Waals surface area contributed by atoms with Gasteiger partial charge in [-0.2, -0.15) is 5.10 Å². The fourth-order valence-electron chi connectivity index (χ4n) is 3.17. The van der Waals surface area contributed by atoms with Crippen molar-refractivity contribution in [2.24, 2.45) is 23.7 Å². The number of aromatic nitrogens is 2. The number of hydrogen-bond acceptors (Lipinski definition) is 3. The first-order chi connectivity index (χ1) is 11.0. The first kappa shape index (κ1) is 17.8. The monoisotopic (exact) mass is 322 g/mol. The highest BCUT2D eigenvalue weighted by Crippen LogP contribution is 2.20. The topological polar surface area (TPSA) is 68.2 Å². The minimum Gasteiger partial charge on any atom is -0.381 e. The third kappa shape index (κ3) is 5.23. The summed E-state index contributed by atoms with van der Waals surface area (Å²) in [4.78, 5) is 12.2. The predicted molar refractivity (Wildman–Crippen MR) is 91.3 cm³/mol. The lowest BCUT2D eigenvalue weighted by atomic mass is 9.85. The number of hydrogen-bond donors (Lipinski definition) is 2. The van der Waals surface area contributed by atoms with Crippen LogP contribution in [0.1, 0.15) is 34.1 Å². The number of rotatable bonds is 7. The number of carbonyl (C=O) groups excluding carboxylic acids is 1. The van der Waals surface area contributed by atoms with Crippen molar-refractivity contribution >= 4 is 11.8 Å². The van der Waals surface area contributed by atoms with Crippen LogP contribution < -0.4 is 10.6 Å². The van der Waals surface area contributed by atoms with E-state index in [1.807, 2.05) is 10.7 Å². The van der Waals surface area contributed by atoms with Gasteiger partial charge in [0.05, 0.1) is 12.8 Å². The number of carbonyl (C=O) groups is 1. The van der Waals surface area contributed by atoms with Crippen LogP contribution in [-0.2, 0) is 11.3 Å². The first-order valence-electron chi connectivity index (χ1n) is 8.61. The standard InChI is InChI=1S/C17H30N4O2/c1-12(2)15(13(3)4)9-18-17(22)20-16-5-7-19-21(16)10-14-6-8-23-11-14/h5,7,12-15H,6,8-11H2,1-4H3,(H2,18,20,22)/t14-/m1/s1. The molecule has 1 fully saturated rings. The summed E-state index contributed by atoms with van der Waals surface area (Å²) in [6, 6.07) is 1.67. The molecule has 0 saturated carbocycles. The Balaban J connectivity index is 1.84. The summed E-state index contributed by atoms with van der Waals surface area (Å²) >= 11 is 0. The zero-order valence-electron chi connectivity index (χ0n) is 14.7. The van der Waals surface area contributed by atoms with Crippen LogP contribution >= 0.6 is 0 Å². The summed E-state index contributed by atoms with van der Waals surface area (Å²) in [5.41, 5.74) is 0. The van der Waals surface area contributed by atoms with Crippen molar-refractivity contribution in [3.8, 4) is 0 Å². The van der Waals surface area contributed by atoms with E-state index < -0.39 is 0 Å². The molecule has 2 heterocycles. The third-order valence-corrected chi connectivity index (χ3v) is 4.62. The molecular weight excluding hydrogens is 292 g/mol. The number of anilines is 1. The molecule has 130 valence electrons. The van der Waals surface area contributed by atoms with Crippen LogP contribution in [0.3, 0.4) is 0 Å². The van der Waals surface area contributed by atoms with E-state index in [9.17, 15) is 4.79 Å². The van der Waals surface area contributed by atoms with Gasteiger partial charge in [0.2, 0.25) is 0 Å². The molecule has 0 radical (unpaired) electrons.